The summed E-state index contributed by atoms with van der Waals surface area (Å²) < 4.78 is 5.50. The number of benzene rings is 2. The lowest BCUT2D eigenvalue weighted by atomic mass is 9.94. The minimum Gasteiger partial charge on any atom is -0.459 e. The number of rotatable bonds is 8. The third-order valence-electron chi connectivity index (χ3n) is 5.73. The number of amides is 4. The molecule has 1 heterocycles. The summed E-state index contributed by atoms with van der Waals surface area (Å²) in [5, 5.41) is 8.66. The second-order valence-corrected chi connectivity index (χ2v) is 8.70. The summed E-state index contributed by atoms with van der Waals surface area (Å²) in [6.07, 6.45) is 1.24. The van der Waals surface area contributed by atoms with Crippen molar-refractivity contribution in [1.82, 2.24) is 10.2 Å². The van der Waals surface area contributed by atoms with E-state index in [0.29, 0.717) is 29.1 Å². The Hall–Kier alpha value is -3.81. The summed E-state index contributed by atoms with van der Waals surface area (Å²) >= 11 is 0. The second-order valence-electron chi connectivity index (χ2n) is 8.70. The number of hydrogen-bond acceptors (Lipinski definition) is 4. The quantitative estimate of drug-likeness (QED) is 0.430. The van der Waals surface area contributed by atoms with E-state index in [1.165, 1.54) is 0 Å². The van der Waals surface area contributed by atoms with Crippen molar-refractivity contribution in [2.75, 3.05) is 17.2 Å². The number of anilines is 2. The third kappa shape index (κ3) is 6.20. The molecule has 1 aliphatic heterocycles. The molecule has 1 aliphatic rings. The van der Waals surface area contributed by atoms with Crippen molar-refractivity contribution in [2.45, 2.75) is 59.6 Å². The van der Waals surface area contributed by atoms with Gasteiger partial charge in [0.2, 0.25) is 0 Å². The monoisotopic (exact) mass is 478 g/mol. The van der Waals surface area contributed by atoms with E-state index in [4.69, 9.17) is 4.74 Å². The van der Waals surface area contributed by atoms with Crippen LogP contribution in [0.25, 0.3) is 0 Å². The Balaban J connectivity index is 1.88. The highest BCUT2D eigenvalue weighted by atomic mass is 16.5. The van der Waals surface area contributed by atoms with Crippen molar-refractivity contribution in [1.29, 1.82) is 0 Å². The maximum Gasteiger partial charge on any atom is 0.338 e. The molecule has 0 unspecified atom stereocenters. The van der Waals surface area contributed by atoms with E-state index in [2.05, 4.69) is 16.0 Å². The van der Waals surface area contributed by atoms with E-state index in [1.807, 2.05) is 44.2 Å². The zero-order chi connectivity index (χ0) is 25.5. The van der Waals surface area contributed by atoms with Crippen LogP contribution in [0.5, 0.6) is 0 Å². The standard InChI is InChI=1S/C27H34N4O4/c1-6-15-31-18(5)23(25(32)35-17(3)4)24(30-27(31)34)20-12-10-13-21(16-20)28-26(33)29-22-14-9-8-11-19(22)7-2/h8-14,16-17,24H,6-7,15H2,1-5H3,(H,30,34)(H2,28,29,33)/t24-/m1/s1. The van der Waals surface area contributed by atoms with Crippen LogP contribution in [0, 0.1) is 0 Å². The van der Waals surface area contributed by atoms with E-state index in [0.717, 1.165) is 24.1 Å². The summed E-state index contributed by atoms with van der Waals surface area (Å²) in [5.41, 5.74) is 3.93. The van der Waals surface area contributed by atoms with Gasteiger partial charge in [-0.15, -0.1) is 0 Å². The second kappa shape index (κ2) is 11.6. The van der Waals surface area contributed by atoms with Crippen LogP contribution in [0.3, 0.4) is 0 Å². The van der Waals surface area contributed by atoms with Gasteiger partial charge in [-0.2, -0.15) is 0 Å². The Morgan fingerprint density at radius 3 is 2.51 bits per heavy atom. The maximum atomic E-state index is 13.0. The first-order valence-electron chi connectivity index (χ1n) is 12.0. The molecule has 1 atom stereocenters. The number of nitrogens with one attached hydrogen (secondary N) is 3. The molecular weight excluding hydrogens is 444 g/mol. The molecule has 0 aromatic heterocycles. The van der Waals surface area contributed by atoms with E-state index >= 15 is 0 Å². The van der Waals surface area contributed by atoms with Crippen molar-refractivity contribution in [3.8, 4) is 0 Å². The highest BCUT2D eigenvalue weighted by molar-refractivity contribution is 6.00. The van der Waals surface area contributed by atoms with Crippen LogP contribution in [0.1, 0.15) is 58.2 Å². The lowest BCUT2D eigenvalue weighted by Crippen LogP contribution is -2.48. The molecule has 8 heteroatoms. The normalized spacial score (nSPS) is 15.7. The van der Waals surface area contributed by atoms with Crippen molar-refractivity contribution < 1.29 is 19.1 Å². The lowest BCUT2D eigenvalue weighted by Gasteiger charge is -2.35. The van der Waals surface area contributed by atoms with E-state index in [1.54, 1.807) is 43.9 Å². The largest absolute Gasteiger partial charge is 0.459 e. The van der Waals surface area contributed by atoms with Gasteiger partial charge < -0.3 is 20.7 Å². The minimum absolute atomic E-state index is 0.275. The molecule has 4 amide bonds. The molecule has 0 spiro atoms. The van der Waals surface area contributed by atoms with Gasteiger partial charge in [-0.05, 0) is 62.9 Å². The number of esters is 1. The van der Waals surface area contributed by atoms with Gasteiger partial charge in [0.15, 0.2) is 0 Å². The molecule has 0 bridgehead atoms. The van der Waals surface area contributed by atoms with Crippen molar-refractivity contribution in [3.63, 3.8) is 0 Å². The number of para-hydroxylation sites is 1. The van der Waals surface area contributed by atoms with Crippen LogP contribution in [0.2, 0.25) is 0 Å². The fourth-order valence-corrected chi connectivity index (χ4v) is 4.10. The number of allylic oxidation sites excluding steroid dienone is 1. The van der Waals surface area contributed by atoms with Crippen LogP contribution in [0.4, 0.5) is 21.0 Å². The van der Waals surface area contributed by atoms with E-state index in [-0.39, 0.29) is 18.2 Å². The first kappa shape index (κ1) is 25.8. The fraction of sp³-hybridized carbons (Fsp3) is 0.370. The van der Waals surface area contributed by atoms with Crippen LogP contribution < -0.4 is 16.0 Å². The highest BCUT2D eigenvalue weighted by Gasteiger charge is 2.36. The van der Waals surface area contributed by atoms with Gasteiger partial charge in [-0.1, -0.05) is 44.2 Å². The molecule has 0 saturated heterocycles. The highest BCUT2D eigenvalue weighted by Crippen LogP contribution is 2.33. The Morgan fingerprint density at radius 2 is 1.83 bits per heavy atom. The Kier molecular flexibility index (Phi) is 8.52. The molecule has 0 fully saturated rings. The molecule has 0 aliphatic carbocycles. The van der Waals surface area contributed by atoms with Crippen LogP contribution in [-0.4, -0.2) is 35.6 Å². The molecule has 3 rings (SSSR count). The number of aryl methyl sites for hydroxylation is 1. The number of carbonyl (C=O) groups excluding carboxylic acids is 3. The Labute approximate surface area is 206 Å². The molecule has 8 nitrogen and oxygen atoms in total. The van der Waals surface area contributed by atoms with Crippen molar-refractivity contribution >= 4 is 29.4 Å². The summed E-state index contributed by atoms with van der Waals surface area (Å²) in [6, 6.07) is 13.4. The fourth-order valence-electron chi connectivity index (χ4n) is 4.10. The van der Waals surface area contributed by atoms with Gasteiger partial charge in [0.1, 0.15) is 0 Å². The van der Waals surface area contributed by atoms with Crippen molar-refractivity contribution in [2.24, 2.45) is 0 Å². The van der Waals surface area contributed by atoms with E-state index < -0.39 is 12.0 Å². The number of urea groups is 2. The molecule has 2 aromatic rings. The molecule has 35 heavy (non-hydrogen) atoms. The zero-order valence-corrected chi connectivity index (χ0v) is 21.0. The smallest absolute Gasteiger partial charge is 0.338 e. The van der Waals surface area contributed by atoms with Crippen LogP contribution >= 0.6 is 0 Å². The Morgan fingerprint density at radius 1 is 1.09 bits per heavy atom. The van der Waals surface area contributed by atoms with Gasteiger partial charge in [-0.25, -0.2) is 14.4 Å². The minimum atomic E-state index is -0.701. The predicted octanol–water partition coefficient (Wildman–Crippen LogP) is 5.59. The summed E-state index contributed by atoms with van der Waals surface area (Å²) in [6.45, 7) is 9.82. The number of nitrogens with zero attached hydrogens (tertiary/aromatic N) is 1. The average Bonchev–Trinajstić information content (AvgIpc) is 2.81. The molecule has 3 N–H and O–H groups in total. The molecule has 186 valence electrons. The average molecular weight is 479 g/mol. The zero-order valence-electron chi connectivity index (χ0n) is 21.0. The summed E-state index contributed by atoms with van der Waals surface area (Å²) in [7, 11) is 0. The molecule has 0 saturated carbocycles. The summed E-state index contributed by atoms with van der Waals surface area (Å²) in [5.74, 6) is -0.476. The van der Waals surface area contributed by atoms with E-state index in [9.17, 15) is 14.4 Å². The molecular formula is C27H34N4O4. The lowest BCUT2D eigenvalue weighted by molar-refractivity contribution is -0.143. The molecule has 0 radical (unpaired) electrons. The first-order chi connectivity index (χ1) is 16.7. The SMILES string of the molecule is CCCN1C(=O)N[C@H](c2cccc(NC(=O)Nc3ccccc3CC)c2)C(C(=O)OC(C)C)=C1C. The number of hydrogen-bond donors (Lipinski definition) is 3. The topological polar surface area (TPSA) is 99.8 Å². The third-order valence-corrected chi connectivity index (χ3v) is 5.73. The molecule has 2 aromatic carbocycles. The van der Waals surface area contributed by atoms with Gasteiger partial charge in [0.05, 0.1) is 17.7 Å². The Bertz CT molecular complexity index is 1130. The first-order valence-corrected chi connectivity index (χ1v) is 12.0. The van der Waals surface area contributed by atoms with Gasteiger partial charge in [-0.3, -0.25) is 4.90 Å². The maximum absolute atomic E-state index is 13.0. The van der Waals surface area contributed by atoms with Crippen LogP contribution in [0.15, 0.2) is 59.8 Å². The number of carbonyl (C=O) groups is 3. The van der Waals surface area contributed by atoms with Crippen LogP contribution in [-0.2, 0) is 16.0 Å². The predicted molar refractivity (Wildman–Crippen MR) is 137 cm³/mol. The van der Waals surface area contributed by atoms with Gasteiger partial charge in [0.25, 0.3) is 0 Å². The summed E-state index contributed by atoms with van der Waals surface area (Å²) in [4.78, 5) is 40.1. The van der Waals surface area contributed by atoms with Gasteiger partial charge in [0, 0.05) is 23.6 Å². The van der Waals surface area contributed by atoms with Gasteiger partial charge >= 0.3 is 18.0 Å². The number of ether oxygens (including phenoxy) is 1. The van der Waals surface area contributed by atoms with Crippen molar-refractivity contribution in [3.05, 3.63) is 70.9 Å².